The summed E-state index contributed by atoms with van der Waals surface area (Å²) in [4.78, 5) is 0. The van der Waals surface area contributed by atoms with Gasteiger partial charge in [-0.15, -0.1) is 0 Å². The van der Waals surface area contributed by atoms with Crippen molar-refractivity contribution < 1.29 is 9.84 Å². The van der Waals surface area contributed by atoms with E-state index in [1.807, 2.05) is 13.0 Å². The third kappa shape index (κ3) is 2.24. The molecule has 0 aliphatic carbocycles. The van der Waals surface area contributed by atoms with Gasteiger partial charge in [-0.05, 0) is 30.2 Å². The van der Waals surface area contributed by atoms with Crippen molar-refractivity contribution in [2.45, 2.75) is 19.2 Å². The molecule has 0 saturated carbocycles. The van der Waals surface area contributed by atoms with E-state index in [0.29, 0.717) is 10.8 Å². The molecule has 1 unspecified atom stereocenters. The van der Waals surface area contributed by atoms with E-state index in [0.717, 1.165) is 16.8 Å². The molecule has 0 aromatic heterocycles. The molecule has 1 aliphatic rings. The molecule has 17 heavy (non-hydrogen) atoms. The number of halogens is 1. The fourth-order valence-corrected chi connectivity index (χ4v) is 2.09. The molecule has 0 bridgehead atoms. The van der Waals surface area contributed by atoms with Crippen LogP contribution in [0, 0.1) is 0 Å². The molecule has 92 valence electrons. The number of aliphatic hydroxyl groups excluding tert-OH is 1. The first-order valence-corrected chi connectivity index (χ1v) is 5.70. The van der Waals surface area contributed by atoms with Gasteiger partial charge < -0.3 is 20.9 Å². The Balaban J connectivity index is 2.49. The Bertz CT molecular complexity index is 472. The van der Waals surface area contributed by atoms with E-state index in [4.69, 9.17) is 22.1 Å². The molecule has 1 aromatic rings. The summed E-state index contributed by atoms with van der Waals surface area (Å²) >= 11 is 6.05. The number of nitrogens with one attached hydrogen (secondary N) is 1. The first-order chi connectivity index (χ1) is 8.02. The van der Waals surface area contributed by atoms with Gasteiger partial charge >= 0.3 is 0 Å². The predicted molar refractivity (Wildman–Crippen MR) is 69.3 cm³/mol. The van der Waals surface area contributed by atoms with Gasteiger partial charge in [0.05, 0.1) is 12.1 Å². The van der Waals surface area contributed by atoms with Crippen LogP contribution in [0.15, 0.2) is 17.7 Å². The van der Waals surface area contributed by atoms with Crippen molar-refractivity contribution in [1.29, 1.82) is 0 Å². The Hall–Kier alpha value is -1.23. The molecule has 1 aliphatic heterocycles. The molecular weight excluding hydrogens is 240 g/mol. The van der Waals surface area contributed by atoms with Crippen LogP contribution in [0.25, 0.3) is 6.08 Å². The van der Waals surface area contributed by atoms with Gasteiger partial charge in [-0.3, -0.25) is 0 Å². The van der Waals surface area contributed by atoms with Gasteiger partial charge in [-0.2, -0.15) is 0 Å². The van der Waals surface area contributed by atoms with Crippen LogP contribution in [0.3, 0.4) is 0 Å². The lowest BCUT2D eigenvalue weighted by molar-refractivity contribution is 0.233. The number of methoxy groups -OCH3 is 1. The van der Waals surface area contributed by atoms with E-state index in [9.17, 15) is 5.11 Å². The Morgan fingerprint density at radius 3 is 2.82 bits per heavy atom. The van der Waals surface area contributed by atoms with Crippen LogP contribution >= 0.6 is 11.6 Å². The second-order valence-corrected chi connectivity index (χ2v) is 4.46. The Labute approximate surface area is 105 Å². The molecule has 2 rings (SSSR count). The molecule has 4 nitrogen and oxygen atoms in total. The average Bonchev–Trinajstić information content (AvgIpc) is 2.27. The fraction of sp³-hybridized carbons (Fsp3) is 0.333. The first-order valence-electron chi connectivity index (χ1n) is 5.32. The van der Waals surface area contributed by atoms with Gasteiger partial charge in [0.15, 0.2) is 0 Å². The minimum atomic E-state index is -0.770. The van der Waals surface area contributed by atoms with E-state index in [1.165, 1.54) is 0 Å². The Morgan fingerprint density at radius 2 is 2.24 bits per heavy atom. The maximum atomic E-state index is 9.89. The van der Waals surface area contributed by atoms with Crippen LogP contribution in [0.5, 0.6) is 5.75 Å². The summed E-state index contributed by atoms with van der Waals surface area (Å²) in [6.45, 7) is 1.83. The number of ether oxygens (including phenoxy) is 1. The van der Waals surface area contributed by atoms with Crippen molar-refractivity contribution in [3.05, 3.63) is 28.3 Å². The van der Waals surface area contributed by atoms with Gasteiger partial charge in [-0.25, -0.2) is 0 Å². The van der Waals surface area contributed by atoms with Gasteiger partial charge in [0.1, 0.15) is 12.0 Å². The van der Waals surface area contributed by atoms with Crippen LogP contribution in [0.2, 0.25) is 5.02 Å². The number of hydrogen-bond acceptors (Lipinski definition) is 4. The molecule has 0 fully saturated rings. The molecular formula is C12H15ClN2O2. The van der Waals surface area contributed by atoms with Gasteiger partial charge in [0.2, 0.25) is 0 Å². The lowest BCUT2D eigenvalue weighted by Gasteiger charge is -2.27. The average molecular weight is 255 g/mol. The molecule has 4 N–H and O–H groups in total. The second kappa shape index (κ2) is 4.56. The fourth-order valence-electron chi connectivity index (χ4n) is 1.84. The summed E-state index contributed by atoms with van der Waals surface area (Å²) in [7, 11) is 1.55. The number of nitrogens with two attached hydrogens (primary N) is 1. The molecule has 1 aromatic carbocycles. The zero-order valence-corrected chi connectivity index (χ0v) is 10.5. The van der Waals surface area contributed by atoms with Crippen LogP contribution in [-0.2, 0) is 0 Å². The largest absolute Gasteiger partial charge is 0.495 e. The highest BCUT2D eigenvalue weighted by molar-refractivity contribution is 6.32. The second-order valence-electron chi connectivity index (χ2n) is 4.05. The highest BCUT2D eigenvalue weighted by Crippen LogP contribution is 2.35. The third-order valence-electron chi connectivity index (χ3n) is 2.78. The number of rotatable bonds is 2. The van der Waals surface area contributed by atoms with Gasteiger partial charge in [0.25, 0.3) is 0 Å². The van der Waals surface area contributed by atoms with Gasteiger partial charge in [0, 0.05) is 17.8 Å². The minimum Gasteiger partial charge on any atom is -0.495 e. The number of fused-ring (bicyclic) bond motifs is 1. The Morgan fingerprint density at radius 1 is 1.53 bits per heavy atom. The molecule has 0 saturated heterocycles. The van der Waals surface area contributed by atoms with E-state index in [1.54, 1.807) is 19.2 Å². The maximum Gasteiger partial charge on any atom is 0.148 e. The predicted octanol–water partition coefficient (Wildman–Crippen LogP) is 1.82. The van der Waals surface area contributed by atoms with Crippen LogP contribution < -0.4 is 15.8 Å². The van der Waals surface area contributed by atoms with Crippen LogP contribution in [0.1, 0.15) is 12.5 Å². The third-order valence-corrected chi connectivity index (χ3v) is 3.08. The normalized spacial score (nSPS) is 20.1. The number of benzene rings is 1. The molecule has 5 heteroatoms. The highest BCUT2D eigenvalue weighted by Gasteiger charge is 2.22. The van der Waals surface area contributed by atoms with Crippen molar-refractivity contribution >= 4 is 23.4 Å². The van der Waals surface area contributed by atoms with Crippen molar-refractivity contribution in [2.75, 3.05) is 12.4 Å². The lowest BCUT2D eigenvalue weighted by Crippen LogP contribution is -2.34. The zero-order chi connectivity index (χ0) is 12.6. The SMILES string of the molecule is COc1cc2c(cc1Cl)C=C([C@@H](C)N)C(O)N2. The standard InChI is InChI=1S/C12H15ClN2O2/c1-6(14)8-3-7-4-9(13)11(17-2)5-10(7)15-12(8)16/h3-6,12,15-16H,14H2,1-2H3/t6-,12?/m1/s1. The number of aliphatic hydroxyl groups is 1. The Kier molecular flexibility index (Phi) is 3.28. The molecule has 0 radical (unpaired) electrons. The number of anilines is 1. The summed E-state index contributed by atoms with van der Waals surface area (Å²) in [5, 5.41) is 13.4. The van der Waals surface area contributed by atoms with Gasteiger partial charge in [-0.1, -0.05) is 11.6 Å². The zero-order valence-electron chi connectivity index (χ0n) is 9.70. The summed E-state index contributed by atoms with van der Waals surface area (Å²) in [6.07, 6.45) is 1.08. The molecule has 1 heterocycles. The lowest BCUT2D eigenvalue weighted by atomic mass is 9.98. The van der Waals surface area contributed by atoms with Crippen molar-refractivity contribution in [2.24, 2.45) is 5.73 Å². The molecule has 2 atom stereocenters. The molecule has 0 spiro atoms. The summed E-state index contributed by atoms with van der Waals surface area (Å²) in [5.74, 6) is 0.572. The highest BCUT2D eigenvalue weighted by atomic mass is 35.5. The maximum absolute atomic E-state index is 9.89. The van der Waals surface area contributed by atoms with E-state index in [2.05, 4.69) is 5.32 Å². The van der Waals surface area contributed by atoms with Crippen molar-refractivity contribution in [1.82, 2.24) is 0 Å². The summed E-state index contributed by atoms with van der Waals surface area (Å²) < 4.78 is 5.12. The number of hydrogen-bond donors (Lipinski definition) is 3. The van der Waals surface area contributed by atoms with Crippen molar-refractivity contribution in [3.63, 3.8) is 0 Å². The van der Waals surface area contributed by atoms with E-state index in [-0.39, 0.29) is 6.04 Å². The first kappa shape index (κ1) is 12.2. The van der Waals surface area contributed by atoms with Crippen LogP contribution in [0.4, 0.5) is 5.69 Å². The topological polar surface area (TPSA) is 67.5 Å². The van der Waals surface area contributed by atoms with Crippen molar-refractivity contribution in [3.8, 4) is 5.75 Å². The summed E-state index contributed by atoms with van der Waals surface area (Å²) in [6, 6.07) is 3.33. The summed E-state index contributed by atoms with van der Waals surface area (Å²) in [5.41, 5.74) is 8.20. The minimum absolute atomic E-state index is 0.216. The monoisotopic (exact) mass is 254 g/mol. The van der Waals surface area contributed by atoms with E-state index >= 15 is 0 Å². The van der Waals surface area contributed by atoms with E-state index < -0.39 is 6.23 Å². The molecule has 0 amide bonds. The quantitative estimate of drug-likeness (QED) is 0.753. The smallest absolute Gasteiger partial charge is 0.148 e. The van der Waals surface area contributed by atoms with Crippen LogP contribution in [-0.4, -0.2) is 24.5 Å².